The lowest BCUT2D eigenvalue weighted by Crippen LogP contribution is -2.29. The Kier molecular flexibility index (Phi) is 5.97. The number of para-hydroxylation sites is 1. The SMILES string of the molecule is CCC(Nc1ncnc(N)c1-c1nc(C)co1)c1nc2cccc(C)c2c(=O)n1-c1ccccc1C. The van der Waals surface area contributed by atoms with Crippen LogP contribution >= 0.6 is 0 Å². The summed E-state index contributed by atoms with van der Waals surface area (Å²) in [6, 6.07) is 13.1. The molecule has 0 radical (unpaired) electrons. The van der Waals surface area contributed by atoms with E-state index in [1.165, 1.54) is 6.33 Å². The highest BCUT2D eigenvalue weighted by Gasteiger charge is 2.25. The van der Waals surface area contributed by atoms with Crippen LogP contribution in [0.1, 0.15) is 42.0 Å². The van der Waals surface area contributed by atoms with Crippen molar-refractivity contribution in [3.63, 3.8) is 0 Å². The molecule has 3 N–H and O–H groups in total. The largest absolute Gasteiger partial charge is 0.444 e. The second kappa shape index (κ2) is 9.26. The summed E-state index contributed by atoms with van der Waals surface area (Å²) in [6.45, 7) is 7.76. The fourth-order valence-electron chi connectivity index (χ4n) is 4.40. The number of nitrogen functional groups attached to an aromatic ring is 1. The van der Waals surface area contributed by atoms with Crippen molar-refractivity contribution in [2.24, 2.45) is 0 Å². The smallest absolute Gasteiger partial charge is 0.266 e. The molecule has 3 heterocycles. The molecule has 5 aromatic rings. The molecule has 0 amide bonds. The Morgan fingerprint density at radius 3 is 2.53 bits per heavy atom. The summed E-state index contributed by atoms with van der Waals surface area (Å²) in [5.41, 5.74) is 10.5. The third-order valence-corrected chi connectivity index (χ3v) is 6.23. The van der Waals surface area contributed by atoms with Crippen molar-refractivity contribution in [1.82, 2.24) is 24.5 Å². The lowest BCUT2D eigenvalue weighted by Gasteiger charge is -2.24. The molecule has 1 unspecified atom stereocenters. The van der Waals surface area contributed by atoms with Crippen molar-refractivity contribution in [2.75, 3.05) is 11.1 Å². The second-order valence-corrected chi connectivity index (χ2v) is 8.75. The first kappa shape index (κ1) is 23.2. The molecule has 0 spiro atoms. The Morgan fingerprint density at radius 1 is 1.03 bits per heavy atom. The molecule has 9 nitrogen and oxygen atoms in total. The monoisotopic (exact) mass is 481 g/mol. The van der Waals surface area contributed by atoms with E-state index >= 15 is 0 Å². The van der Waals surface area contributed by atoms with Gasteiger partial charge >= 0.3 is 0 Å². The van der Waals surface area contributed by atoms with Crippen LogP contribution < -0.4 is 16.6 Å². The van der Waals surface area contributed by atoms with Gasteiger partial charge in [-0.15, -0.1) is 0 Å². The highest BCUT2D eigenvalue weighted by Crippen LogP contribution is 2.33. The van der Waals surface area contributed by atoms with Crippen LogP contribution in [0.2, 0.25) is 0 Å². The van der Waals surface area contributed by atoms with Gasteiger partial charge in [0.15, 0.2) is 0 Å². The Morgan fingerprint density at radius 2 is 1.81 bits per heavy atom. The average Bonchev–Trinajstić information content (AvgIpc) is 3.28. The number of fused-ring (bicyclic) bond motifs is 1. The molecule has 0 saturated carbocycles. The van der Waals surface area contributed by atoms with E-state index in [0.717, 1.165) is 16.8 Å². The van der Waals surface area contributed by atoms with Crippen LogP contribution in [0.4, 0.5) is 11.6 Å². The highest BCUT2D eigenvalue weighted by atomic mass is 16.3. The number of aromatic nitrogens is 5. The zero-order chi connectivity index (χ0) is 25.4. The molecule has 0 aliphatic heterocycles. The molecule has 3 aromatic heterocycles. The number of nitrogens with zero attached hydrogens (tertiary/aromatic N) is 5. The molecule has 182 valence electrons. The number of anilines is 2. The molecule has 1 atom stereocenters. The van der Waals surface area contributed by atoms with E-state index in [2.05, 4.69) is 20.3 Å². The van der Waals surface area contributed by atoms with E-state index in [-0.39, 0.29) is 17.4 Å². The lowest BCUT2D eigenvalue weighted by molar-refractivity contribution is 0.573. The van der Waals surface area contributed by atoms with Crippen molar-refractivity contribution < 1.29 is 4.42 Å². The minimum Gasteiger partial charge on any atom is -0.444 e. The van der Waals surface area contributed by atoms with Crippen molar-refractivity contribution >= 4 is 22.5 Å². The maximum atomic E-state index is 14.0. The van der Waals surface area contributed by atoms with Crippen molar-refractivity contribution in [3.05, 3.63) is 88.1 Å². The zero-order valence-electron chi connectivity index (χ0n) is 20.6. The number of nitrogens with one attached hydrogen (secondary N) is 1. The van der Waals surface area contributed by atoms with Gasteiger partial charge in [-0.2, -0.15) is 0 Å². The summed E-state index contributed by atoms with van der Waals surface area (Å²) in [7, 11) is 0. The molecule has 0 bridgehead atoms. The average molecular weight is 482 g/mol. The number of aryl methyl sites for hydroxylation is 3. The maximum Gasteiger partial charge on any atom is 0.266 e. The van der Waals surface area contributed by atoms with Crippen LogP contribution in [0, 0.1) is 20.8 Å². The van der Waals surface area contributed by atoms with Crippen LogP contribution in [0.3, 0.4) is 0 Å². The van der Waals surface area contributed by atoms with Gasteiger partial charge in [-0.25, -0.2) is 19.9 Å². The highest BCUT2D eigenvalue weighted by molar-refractivity contribution is 5.82. The summed E-state index contributed by atoms with van der Waals surface area (Å²) < 4.78 is 7.31. The van der Waals surface area contributed by atoms with Gasteiger partial charge in [-0.3, -0.25) is 9.36 Å². The van der Waals surface area contributed by atoms with Crippen LogP contribution in [-0.4, -0.2) is 24.5 Å². The minimum absolute atomic E-state index is 0.117. The van der Waals surface area contributed by atoms with E-state index < -0.39 is 0 Å². The van der Waals surface area contributed by atoms with E-state index in [9.17, 15) is 4.79 Å². The van der Waals surface area contributed by atoms with Gasteiger partial charge in [0, 0.05) is 0 Å². The fourth-order valence-corrected chi connectivity index (χ4v) is 4.40. The van der Waals surface area contributed by atoms with E-state index in [4.69, 9.17) is 15.1 Å². The van der Waals surface area contributed by atoms with E-state index in [0.29, 0.717) is 46.1 Å². The van der Waals surface area contributed by atoms with E-state index in [1.807, 2.05) is 70.2 Å². The van der Waals surface area contributed by atoms with Crippen LogP contribution in [0.15, 0.2) is 64.3 Å². The Bertz CT molecular complexity index is 1640. The minimum atomic E-state index is -0.383. The lowest BCUT2D eigenvalue weighted by atomic mass is 10.1. The van der Waals surface area contributed by atoms with Gasteiger partial charge in [0.05, 0.1) is 28.3 Å². The molecule has 9 heteroatoms. The first-order valence-electron chi connectivity index (χ1n) is 11.8. The number of hydrogen-bond acceptors (Lipinski definition) is 8. The van der Waals surface area contributed by atoms with Gasteiger partial charge in [0.1, 0.15) is 35.6 Å². The summed E-state index contributed by atoms with van der Waals surface area (Å²) in [5, 5.41) is 4.04. The Labute approximate surface area is 208 Å². The topological polar surface area (TPSA) is 125 Å². The third-order valence-electron chi connectivity index (χ3n) is 6.23. The number of benzene rings is 2. The summed E-state index contributed by atoms with van der Waals surface area (Å²) in [4.78, 5) is 31.9. The number of rotatable bonds is 6. The van der Waals surface area contributed by atoms with Gasteiger partial charge in [-0.1, -0.05) is 37.3 Å². The predicted octanol–water partition coefficient (Wildman–Crippen LogP) is 4.90. The molecule has 2 aromatic carbocycles. The first-order valence-corrected chi connectivity index (χ1v) is 11.8. The Balaban J connectivity index is 1.73. The first-order chi connectivity index (χ1) is 17.4. The van der Waals surface area contributed by atoms with Gasteiger partial charge in [-0.05, 0) is 50.5 Å². The van der Waals surface area contributed by atoms with Crippen LogP contribution in [0.5, 0.6) is 0 Å². The van der Waals surface area contributed by atoms with Crippen molar-refractivity contribution in [3.8, 4) is 17.1 Å². The van der Waals surface area contributed by atoms with E-state index in [1.54, 1.807) is 10.8 Å². The molecular formula is C27H27N7O2. The normalized spacial score (nSPS) is 12.1. The summed E-state index contributed by atoms with van der Waals surface area (Å²) in [5.74, 6) is 1.58. The van der Waals surface area contributed by atoms with Crippen molar-refractivity contribution in [2.45, 2.75) is 40.2 Å². The van der Waals surface area contributed by atoms with Gasteiger partial charge < -0.3 is 15.5 Å². The summed E-state index contributed by atoms with van der Waals surface area (Å²) >= 11 is 0. The van der Waals surface area contributed by atoms with Crippen LogP contribution in [-0.2, 0) is 0 Å². The van der Waals surface area contributed by atoms with Gasteiger partial charge in [0.25, 0.3) is 5.56 Å². The Hall–Kier alpha value is -4.53. The molecule has 0 fully saturated rings. The summed E-state index contributed by atoms with van der Waals surface area (Å²) in [6.07, 6.45) is 3.55. The van der Waals surface area contributed by atoms with Gasteiger partial charge in [0.2, 0.25) is 5.89 Å². The third kappa shape index (κ3) is 3.98. The van der Waals surface area contributed by atoms with Crippen molar-refractivity contribution in [1.29, 1.82) is 0 Å². The molecule has 36 heavy (non-hydrogen) atoms. The molecule has 0 aliphatic rings. The second-order valence-electron chi connectivity index (χ2n) is 8.75. The number of oxazole rings is 1. The molecule has 0 saturated heterocycles. The molecular weight excluding hydrogens is 454 g/mol. The predicted molar refractivity (Wildman–Crippen MR) is 140 cm³/mol. The number of hydrogen-bond donors (Lipinski definition) is 2. The number of nitrogens with two attached hydrogens (primary N) is 1. The fraction of sp³-hybridized carbons (Fsp3) is 0.222. The molecule has 5 rings (SSSR count). The standard InChI is InChI=1S/C27H27N7O2/c1-5-18(32-24-22(23(28)29-14-30-24)26-31-17(4)13-36-26)25-33-19-11-8-10-16(3)21(19)27(35)34(25)20-12-7-6-9-15(20)2/h6-14,18H,5H2,1-4H3,(H3,28,29,30,32). The quantitative estimate of drug-likeness (QED) is 0.351. The van der Waals surface area contributed by atoms with Crippen LogP contribution in [0.25, 0.3) is 28.0 Å². The maximum absolute atomic E-state index is 14.0. The zero-order valence-corrected chi connectivity index (χ0v) is 20.6. The molecule has 0 aliphatic carbocycles.